The average molecular weight is 286 g/mol. The van der Waals surface area contributed by atoms with E-state index in [1.807, 2.05) is 0 Å². The highest BCUT2D eigenvalue weighted by Crippen LogP contribution is 2.42. The van der Waals surface area contributed by atoms with Gasteiger partial charge in [-0.1, -0.05) is 25.7 Å². The van der Waals surface area contributed by atoms with E-state index in [9.17, 15) is 0 Å². The van der Waals surface area contributed by atoms with E-state index < -0.39 is 0 Å². The van der Waals surface area contributed by atoms with Crippen LogP contribution in [-0.2, 0) is 4.74 Å². The van der Waals surface area contributed by atoms with Gasteiger partial charge in [-0.15, -0.1) is 11.6 Å². The zero-order chi connectivity index (χ0) is 13.1. The van der Waals surface area contributed by atoms with Crippen LogP contribution in [0.5, 0.6) is 0 Å². The molecule has 1 heterocycles. The van der Waals surface area contributed by atoms with Gasteiger partial charge in [-0.05, 0) is 38.5 Å². The Hall–Kier alpha value is 0.210. The molecule has 0 aromatic rings. The monoisotopic (exact) mass is 285 g/mol. The van der Waals surface area contributed by atoms with Gasteiger partial charge in [-0.3, -0.25) is 4.90 Å². The van der Waals surface area contributed by atoms with E-state index in [1.54, 1.807) is 0 Å². The summed E-state index contributed by atoms with van der Waals surface area (Å²) in [6.07, 6.45) is 14.0. The number of alkyl halides is 1. The quantitative estimate of drug-likeness (QED) is 0.709. The lowest BCUT2D eigenvalue weighted by Gasteiger charge is -2.39. The largest absolute Gasteiger partial charge is 0.370 e. The fraction of sp³-hybridized carbons (Fsp3) is 1.00. The maximum atomic E-state index is 6.50. The molecule has 1 unspecified atom stereocenters. The predicted octanol–water partition coefficient (Wildman–Crippen LogP) is 3.96. The maximum absolute atomic E-state index is 6.50. The zero-order valence-electron chi connectivity index (χ0n) is 12.1. The zero-order valence-corrected chi connectivity index (χ0v) is 12.8. The van der Waals surface area contributed by atoms with Crippen LogP contribution in [0.15, 0.2) is 0 Å². The lowest BCUT2D eigenvalue weighted by Crippen LogP contribution is -2.45. The molecule has 1 spiro atoms. The number of ether oxygens (including phenoxy) is 1. The Morgan fingerprint density at radius 3 is 2.42 bits per heavy atom. The molecule has 0 aromatic carbocycles. The molecule has 2 nitrogen and oxygen atoms in total. The second-order valence-corrected chi connectivity index (χ2v) is 7.17. The van der Waals surface area contributed by atoms with Crippen LogP contribution in [0.4, 0.5) is 0 Å². The molecule has 2 saturated carbocycles. The molecule has 1 aliphatic heterocycles. The number of hydrogen-bond acceptors (Lipinski definition) is 2. The van der Waals surface area contributed by atoms with Gasteiger partial charge < -0.3 is 4.74 Å². The molecular formula is C16H28ClNO. The molecule has 0 amide bonds. The third-order valence-corrected chi connectivity index (χ3v) is 5.67. The first-order chi connectivity index (χ1) is 9.31. The van der Waals surface area contributed by atoms with Crippen molar-refractivity contribution in [1.82, 2.24) is 4.90 Å². The molecule has 0 bridgehead atoms. The second kappa shape index (κ2) is 6.32. The summed E-state index contributed by atoms with van der Waals surface area (Å²) in [7, 11) is 0. The Morgan fingerprint density at radius 2 is 1.79 bits per heavy atom. The van der Waals surface area contributed by atoms with E-state index in [0.29, 0.717) is 6.10 Å². The Morgan fingerprint density at radius 1 is 1.00 bits per heavy atom. The Kier molecular flexibility index (Phi) is 4.71. The van der Waals surface area contributed by atoms with E-state index in [-0.39, 0.29) is 5.60 Å². The number of nitrogens with zero attached hydrogens (tertiary/aromatic N) is 1. The van der Waals surface area contributed by atoms with Crippen molar-refractivity contribution in [3.8, 4) is 0 Å². The molecule has 1 saturated heterocycles. The highest BCUT2D eigenvalue weighted by atomic mass is 35.5. The van der Waals surface area contributed by atoms with Gasteiger partial charge in [-0.2, -0.15) is 0 Å². The lowest BCUT2D eigenvalue weighted by molar-refractivity contribution is -0.0768. The number of rotatable bonds is 5. The normalized spacial score (nSPS) is 30.9. The Balaban J connectivity index is 1.51. The smallest absolute Gasteiger partial charge is 0.0710 e. The SMILES string of the molecule is ClCCN(CC1CCC2(CCCCC2)O1)C1CCC1. The summed E-state index contributed by atoms with van der Waals surface area (Å²) in [5.74, 6) is 0.758. The minimum absolute atomic E-state index is 0.273. The van der Waals surface area contributed by atoms with Gasteiger partial charge in [0.05, 0.1) is 11.7 Å². The predicted molar refractivity (Wildman–Crippen MR) is 79.9 cm³/mol. The van der Waals surface area contributed by atoms with E-state index in [1.165, 1.54) is 64.2 Å². The van der Waals surface area contributed by atoms with E-state index in [0.717, 1.165) is 25.0 Å². The van der Waals surface area contributed by atoms with Crippen molar-refractivity contribution >= 4 is 11.6 Å². The van der Waals surface area contributed by atoms with Gasteiger partial charge in [0.25, 0.3) is 0 Å². The first-order valence-electron chi connectivity index (χ1n) is 8.29. The standard InChI is InChI=1S/C16H28ClNO/c17-11-12-18(14-5-4-6-14)13-15-7-10-16(19-15)8-2-1-3-9-16/h14-15H,1-13H2. The van der Waals surface area contributed by atoms with Gasteiger partial charge in [0.2, 0.25) is 0 Å². The van der Waals surface area contributed by atoms with Crippen molar-refractivity contribution in [3.05, 3.63) is 0 Å². The average Bonchev–Trinajstić information content (AvgIpc) is 2.71. The molecule has 3 fully saturated rings. The fourth-order valence-corrected chi connectivity index (χ4v) is 4.35. The molecule has 2 aliphatic carbocycles. The van der Waals surface area contributed by atoms with Crippen molar-refractivity contribution in [1.29, 1.82) is 0 Å². The van der Waals surface area contributed by atoms with E-state index in [2.05, 4.69) is 4.90 Å². The summed E-state index contributed by atoms with van der Waals surface area (Å²) in [4.78, 5) is 2.60. The topological polar surface area (TPSA) is 12.5 Å². The van der Waals surface area contributed by atoms with Crippen LogP contribution < -0.4 is 0 Å². The molecule has 0 aromatic heterocycles. The highest BCUT2D eigenvalue weighted by molar-refractivity contribution is 6.18. The van der Waals surface area contributed by atoms with Gasteiger partial charge >= 0.3 is 0 Å². The summed E-state index contributed by atoms with van der Waals surface area (Å²) >= 11 is 5.97. The van der Waals surface area contributed by atoms with Crippen LogP contribution in [0.2, 0.25) is 0 Å². The summed E-state index contributed by atoms with van der Waals surface area (Å²) in [6, 6.07) is 0.797. The molecule has 110 valence electrons. The van der Waals surface area contributed by atoms with E-state index in [4.69, 9.17) is 16.3 Å². The third kappa shape index (κ3) is 3.28. The summed E-state index contributed by atoms with van der Waals surface area (Å²) < 4.78 is 6.50. The molecule has 19 heavy (non-hydrogen) atoms. The molecule has 3 aliphatic rings. The molecular weight excluding hydrogens is 258 g/mol. The van der Waals surface area contributed by atoms with Gasteiger partial charge in [0, 0.05) is 25.0 Å². The lowest BCUT2D eigenvalue weighted by atomic mass is 9.83. The van der Waals surface area contributed by atoms with Crippen molar-refractivity contribution in [3.63, 3.8) is 0 Å². The van der Waals surface area contributed by atoms with Crippen molar-refractivity contribution in [2.75, 3.05) is 19.0 Å². The number of hydrogen-bond donors (Lipinski definition) is 0. The van der Waals surface area contributed by atoms with Crippen LogP contribution in [-0.4, -0.2) is 41.6 Å². The van der Waals surface area contributed by atoms with Crippen LogP contribution in [0.3, 0.4) is 0 Å². The molecule has 1 atom stereocenters. The van der Waals surface area contributed by atoms with Gasteiger partial charge in [-0.25, -0.2) is 0 Å². The van der Waals surface area contributed by atoms with Gasteiger partial charge in [0.15, 0.2) is 0 Å². The molecule has 0 N–H and O–H groups in total. The van der Waals surface area contributed by atoms with Crippen LogP contribution >= 0.6 is 11.6 Å². The molecule has 3 rings (SSSR count). The maximum Gasteiger partial charge on any atom is 0.0710 e. The summed E-state index contributed by atoms with van der Waals surface area (Å²) in [6.45, 7) is 2.16. The Labute approximate surface area is 122 Å². The van der Waals surface area contributed by atoms with Crippen molar-refractivity contribution in [2.45, 2.75) is 82.0 Å². The minimum atomic E-state index is 0.273. The first-order valence-corrected chi connectivity index (χ1v) is 8.83. The Bertz CT molecular complexity index is 286. The van der Waals surface area contributed by atoms with Crippen molar-refractivity contribution in [2.24, 2.45) is 0 Å². The van der Waals surface area contributed by atoms with E-state index >= 15 is 0 Å². The first kappa shape index (κ1) is 14.2. The third-order valence-electron chi connectivity index (χ3n) is 5.50. The van der Waals surface area contributed by atoms with Gasteiger partial charge in [0.1, 0.15) is 0 Å². The second-order valence-electron chi connectivity index (χ2n) is 6.79. The fourth-order valence-electron chi connectivity index (χ4n) is 4.13. The summed E-state index contributed by atoms with van der Waals surface area (Å²) in [5, 5.41) is 0. The van der Waals surface area contributed by atoms with Crippen LogP contribution in [0.1, 0.15) is 64.2 Å². The van der Waals surface area contributed by atoms with Crippen LogP contribution in [0, 0.1) is 0 Å². The highest BCUT2D eigenvalue weighted by Gasteiger charge is 2.41. The van der Waals surface area contributed by atoms with Crippen molar-refractivity contribution < 1.29 is 4.74 Å². The molecule has 0 radical (unpaired) electrons. The number of halogens is 1. The minimum Gasteiger partial charge on any atom is -0.370 e. The van der Waals surface area contributed by atoms with Crippen LogP contribution in [0.25, 0.3) is 0 Å². The summed E-state index contributed by atoms with van der Waals surface area (Å²) in [5.41, 5.74) is 0.273. The molecule has 3 heteroatoms.